The van der Waals surface area contributed by atoms with Crippen molar-refractivity contribution in [3.8, 4) is 0 Å². The van der Waals surface area contributed by atoms with Gasteiger partial charge in [-0.2, -0.15) is 0 Å². The predicted molar refractivity (Wildman–Crippen MR) is 41.5 cm³/mol. The number of hydrogen-bond acceptors (Lipinski definition) is 4. The second-order valence-corrected chi connectivity index (χ2v) is 2.33. The predicted octanol–water partition coefficient (Wildman–Crippen LogP) is -0.310. The zero-order valence-electron chi connectivity index (χ0n) is 6.46. The Labute approximate surface area is 64.0 Å². The summed E-state index contributed by atoms with van der Waals surface area (Å²) in [6, 6.07) is 0. The number of nitrogens with zero attached hydrogens (tertiary/aromatic N) is 2. The number of aryl methyl sites for hydroxylation is 1. The van der Waals surface area contributed by atoms with Crippen molar-refractivity contribution in [1.29, 1.82) is 0 Å². The minimum absolute atomic E-state index is 0.130. The molecule has 11 heavy (non-hydrogen) atoms. The van der Waals surface area contributed by atoms with E-state index in [2.05, 4.69) is 4.98 Å². The molecule has 0 atom stereocenters. The van der Waals surface area contributed by atoms with Crippen molar-refractivity contribution in [1.82, 2.24) is 9.66 Å². The SMILES string of the molecule is CC(=O)c1c(C)nc(N)n1N. The van der Waals surface area contributed by atoms with Crippen LogP contribution < -0.4 is 11.6 Å². The van der Waals surface area contributed by atoms with Gasteiger partial charge in [-0.1, -0.05) is 0 Å². The molecule has 0 fully saturated rings. The van der Waals surface area contributed by atoms with Gasteiger partial charge < -0.3 is 11.6 Å². The van der Waals surface area contributed by atoms with Crippen LogP contribution in [0.4, 0.5) is 5.95 Å². The molecule has 4 N–H and O–H groups in total. The summed E-state index contributed by atoms with van der Waals surface area (Å²) in [5.74, 6) is 5.44. The van der Waals surface area contributed by atoms with E-state index >= 15 is 0 Å². The Hall–Kier alpha value is -1.52. The highest BCUT2D eigenvalue weighted by molar-refractivity contribution is 5.94. The fourth-order valence-corrected chi connectivity index (χ4v) is 0.992. The number of ketones is 1. The summed E-state index contributed by atoms with van der Waals surface area (Å²) in [6.07, 6.45) is 0. The number of imidazole rings is 1. The maximum absolute atomic E-state index is 10.9. The number of carbonyl (C=O) groups excluding carboxylic acids is 1. The number of aromatic nitrogens is 2. The summed E-state index contributed by atoms with van der Waals surface area (Å²) < 4.78 is 1.09. The molecule has 1 aromatic rings. The topological polar surface area (TPSA) is 86.9 Å². The molecule has 0 spiro atoms. The lowest BCUT2D eigenvalue weighted by Crippen LogP contribution is -2.17. The first-order chi connectivity index (χ1) is 5.04. The van der Waals surface area contributed by atoms with E-state index in [1.54, 1.807) is 6.92 Å². The third kappa shape index (κ3) is 1.04. The molecule has 0 unspecified atom stereocenters. The largest absolute Gasteiger partial charge is 0.368 e. The van der Waals surface area contributed by atoms with Gasteiger partial charge in [0, 0.05) is 6.92 Å². The smallest absolute Gasteiger partial charge is 0.219 e. The summed E-state index contributed by atoms with van der Waals surface area (Å²) in [4.78, 5) is 14.7. The third-order valence-electron chi connectivity index (χ3n) is 1.45. The van der Waals surface area contributed by atoms with Gasteiger partial charge in [0.2, 0.25) is 5.95 Å². The lowest BCUT2D eigenvalue weighted by atomic mass is 10.3. The highest BCUT2D eigenvalue weighted by Gasteiger charge is 2.13. The zero-order chi connectivity index (χ0) is 8.59. The molecule has 0 aliphatic heterocycles. The van der Waals surface area contributed by atoms with Gasteiger partial charge in [0.15, 0.2) is 5.78 Å². The first kappa shape index (κ1) is 7.59. The number of Topliss-reactive ketones (excluding diaryl/α,β-unsaturated/α-hetero) is 1. The van der Waals surface area contributed by atoms with E-state index < -0.39 is 0 Å². The van der Waals surface area contributed by atoms with Gasteiger partial charge in [-0.25, -0.2) is 9.66 Å². The Bertz CT molecular complexity index is 302. The molecule has 1 aromatic heterocycles. The van der Waals surface area contributed by atoms with Gasteiger partial charge in [-0.15, -0.1) is 0 Å². The number of nitrogens with two attached hydrogens (primary N) is 2. The van der Waals surface area contributed by atoms with Crippen LogP contribution in [0.3, 0.4) is 0 Å². The van der Waals surface area contributed by atoms with E-state index in [4.69, 9.17) is 11.6 Å². The molecule has 0 radical (unpaired) electrons. The molecular formula is C6H10N4O. The van der Waals surface area contributed by atoms with Gasteiger partial charge in [0.1, 0.15) is 5.69 Å². The molecule has 0 amide bonds. The Kier molecular flexibility index (Phi) is 1.56. The van der Waals surface area contributed by atoms with Crippen molar-refractivity contribution in [3.63, 3.8) is 0 Å². The monoisotopic (exact) mass is 154 g/mol. The second-order valence-electron chi connectivity index (χ2n) is 2.33. The minimum atomic E-state index is -0.130. The van der Waals surface area contributed by atoms with Crippen molar-refractivity contribution >= 4 is 11.7 Å². The standard InChI is InChI=1S/C6H10N4O/c1-3-5(4(2)11)10(8)6(7)9-3/h8H2,1-2H3,(H2,7,9). The van der Waals surface area contributed by atoms with E-state index in [9.17, 15) is 4.79 Å². The third-order valence-corrected chi connectivity index (χ3v) is 1.45. The van der Waals surface area contributed by atoms with Crippen LogP contribution in [0.2, 0.25) is 0 Å². The first-order valence-electron chi connectivity index (χ1n) is 3.15. The lowest BCUT2D eigenvalue weighted by molar-refractivity contribution is 0.101. The van der Waals surface area contributed by atoms with Crippen molar-refractivity contribution in [2.45, 2.75) is 13.8 Å². The van der Waals surface area contributed by atoms with Gasteiger partial charge >= 0.3 is 0 Å². The summed E-state index contributed by atoms with van der Waals surface area (Å²) in [5, 5.41) is 0. The van der Waals surface area contributed by atoms with Crippen molar-refractivity contribution in [2.75, 3.05) is 11.6 Å². The molecule has 0 aromatic carbocycles. The zero-order valence-corrected chi connectivity index (χ0v) is 6.46. The summed E-state index contributed by atoms with van der Waals surface area (Å²) in [7, 11) is 0. The van der Waals surface area contributed by atoms with Gasteiger partial charge in [-0.3, -0.25) is 4.79 Å². The van der Waals surface area contributed by atoms with E-state index in [0.29, 0.717) is 11.4 Å². The number of carbonyl (C=O) groups is 1. The van der Waals surface area contributed by atoms with E-state index in [1.807, 2.05) is 0 Å². The Morgan fingerprint density at radius 3 is 2.36 bits per heavy atom. The fraction of sp³-hybridized carbons (Fsp3) is 0.333. The van der Waals surface area contributed by atoms with Crippen molar-refractivity contribution in [3.05, 3.63) is 11.4 Å². The first-order valence-corrected chi connectivity index (χ1v) is 3.15. The molecule has 5 heteroatoms. The Morgan fingerprint density at radius 2 is 2.18 bits per heavy atom. The Balaban J connectivity index is 3.34. The van der Waals surface area contributed by atoms with Crippen LogP contribution in [0.25, 0.3) is 0 Å². The summed E-state index contributed by atoms with van der Waals surface area (Å²) in [5.41, 5.74) is 6.28. The molecule has 0 aliphatic carbocycles. The summed E-state index contributed by atoms with van der Waals surface area (Å²) in [6.45, 7) is 3.11. The van der Waals surface area contributed by atoms with Crippen LogP contribution in [0.15, 0.2) is 0 Å². The van der Waals surface area contributed by atoms with E-state index in [1.165, 1.54) is 6.92 Å². The number of hydrogen-bond donors (Lipinski definition) is 2. The van der Waals surface area contributed by atoms with E-state index in [0.717, 1.165) is 4.68 Å². The van der Waals surface area contributed by atoms with Crippen LogP contribution >= 0.6 is 0 Å². The molecule has 1 heterocycles. The van der Waals surface area contributed by atoms with Gasteiger partial charge in [-0.05, 0) is 6.92 Å². The number of anilines is 1. The quantitative estimate of drug-likeness (QED) is 0.429. The summed E-state index contributed by atoms with van der Waals surface area (Å²) >= 11 is 0. The second kappa shape index (κ2) is 2.26. The van der Waals surface area contributed by atoms with Crippen LogP contribution in [-0.4, -0.2) is 15.4 Å². The molecule has 60 valence electrons. The average Bonchev–Trinajstić information content (AvgIpc) is 2.07. The average molecular weight is 154 g/mol. The normalized spacial score (nSPS) is 10.0. The maximum atomic E-state index is 10.9. The Morgan fingerprint density at radius 1 is 1.64 bits per heavy atom. The van der Waals surface area contributed by atoms with Gasteiger partial charge in [0.05, 0.1) is 5.69 Å². The van der Waals surface area contributed by atoms with Crippen molar-refractivity contribution < 1.29 is 4.79 Å². The lowest BCUT2D eigenvalue weighted by Gasteiger charge is -1.98. The molecule has 5 nitrogen and oxygen atoms in total. The van der Waals surface area contributed by atoms with Crippen LogP contribution in [0.1, 0.15) is 23.1 Å². The molecule has 0 saturated heterocycles. The number of nitrogen functional groups attached to an aromatic ring is 2. The fourth-order valence-electron chi connectivity index (χ4n) is 0.992. The number of rotatable bonds is 1. The molecule has 0 bridgehead atoms. The molecule has 0 aliphatic rings. The van der Waals surface area contributed by atoms with Crippen LogP contribution in [-0.2, 0) is 0 Å². The van der Waals surface area contributed by atoms with Crippen LogP contribution in [0.5, 0.6) is 0 Å². The minimum Gasteiger partial charge on any atom is -0.368 e. The molecular weight excluding hydrogens is 144 g/mol. The highest BCUT2D eigenvalue weighted by Crippen LogP contribution is 2.08. The van der Waals surface area contributed by atoms with E-state index in [-0.39, 0.29) is 11.7 Å². The maximum Gasteiger partial charge on any atom is 0.219 e. The van der Waals surface area contributed by atoms with Crippen LogP contribution in [0, 0.1) is 6.92 Å². The molecule has 1 rings (SSSR count). The highest BCUT2D eigenvalue weighted by atomic mass is 16.1. The van der Waals surface area contributed by atoms with Crippen molar-refractivity contribution in [2.24, 2.45) is 0 Å². The molecule has 0 saturated carbocycles. The van der Waals surface area contributed by atoms with Gasteiger partial charge in [0.25, 0.3) is 0 Å².